The number of hydrogen-bond donors (Lipinski definition) is 1. The zero-order chi connectivity index (χ0) is 20.1. The number of nitrogens with zero attached hydrogens (tertiary/aromatic N) is 5. The molecule has 3 aromatic rings. The second-order valence-electron chi connectivity index (χ2n) is 6.87. The van der Waals surface area contributed by atoms with Crippen molar-refractivity contribution < 1.29 is 14.3 Å². The summed E-state index contributed by atoms with van der Waals surface area (Å²) in [5.41, 5.74) is 1.46. The van der Waals surface area contributed by atoms with E-state index in [0.717, 1.165) is 25.9 Å². The molecule has 29 heavy (non-hydrogen) atoms. The van der Waals surface area contributed by atoms with Crippen LogP contribution in [0.3, 0.4) is 0 Å². The first-order valence-electron chi connectivity index (χ1n) is 9.72. The smallest absolute Gasteiger partial charge is 0.258 e. The van der Waals surface area contributed by atoms with Crippen LogP contribution in [0.4, 0.5) is 5.95 Å². The van der Waals surface area contributed by atoms with Crippen LogP contribution in [-0.4, -0.2) is 57.1 Å². The maximum atomic E-state index is 13.3. The van der Waals surface area contributed by atoms with E-state index in [1.165, 1.54) is 4.90 Å². The summed E-state index contributed by atoms with van der Waals surface area (Å²) in [6.45, 7) is 2.09. The fraction of sp³-hybridized carbons (Fsp3) is 0.333. The predicted molar refractivity (Wildman–Crippen MR) is 107 cm³/mol. The Balaban J connectivity index is 1.71. The number of pyridine rings is 1. The molecule has 150 valence electrons. The molecular formula is C21H23N5O3. The third kappa shape index (κ3) is 4.27. The number of carbonyl (C=O) groups excluding carboxylic acids is 1. The lowest BCUT2D eigenvalue weighted by molar-refractivity contribution is 0.0694. The largest absolute Gasteiger partial charge is 0.467 e. The van der Waals surface area contributed by atoms with Crippen LogP contribution in [-0.2, 0) is 6.54 Å². The van der Waals surface area contributed by atoms with Gasteiger partial charge < -0.3 is 19.3 Å². The summed E-state index contributed by atoms with van der Waals surface area (Å²) in [5, 5.41) is 9.46. The number of carbonyl (C=O) groups is 1. The van der Waals surface area contributed by atoms with Gasteiger partial charge in [-0.25, -0.2) is 9.97 Å². The Hall–Kier alpha value is -3.26. The SMILES string of the molecule is O=C(c1cnc(N2CCCC2)nc1-c1ccccn1)N(CCO)Cc1ccco1. The lowest BCUT2D eigenvalue weighted by atomic mass is 10.1. The molecule has 1 fully saturated rings. The standard InChI is InChI=1S/C21H23N5O3/c27-12-11-26(15-16-6-5-13-29-16)20(28)17-14-23-21(25-9-3-4-10-25)24-19(17)18-7-1-2-8-22-18/h1-2,5-8,13-14,27H,3-4,9-12,15H2. The maximum absolute atomic E-state index is 13.3. The lowest BCUT2D eigenvalue weighted by Gasteiger charge is -2.22. The topological polar surface area (TPSA) is 95.6 Å². The van der Waals surface area contributed by atoms with Gasteiger partial charge in [0.2, 0.25) is 5.95 Å². The third-order valence-electron chi connectivity index (χ3n) is 4.89. The minimum absolute atomic E-state index is 0.155. The van der Waals surface area contributed by atoms with Gasteiger partial charge in [0.1, 0.15) is 11.5 Å². The van der Waals surface area contributed by atoms with Gasteiger partial charge in [-0.2, -0.15) is 0 Å². The van der Waals surface area contributed by atoms with Crippen molar-refractivity contribution in [3.63, 3.8) is 0 Å². The van der Waals surface area contributed by atoms with Crippen LogP contribution in [0.2, 0.25) is 0 Å². The van der Waals surface area contributed by atoms with Gasteiger partial charge in [-0.3, -0.25) is 9.78 Å². The van der Waals surface area contributed by atoms with Gasteiger partial charge >= 0.3 is 0 Å². The Bertz CT molecular complexity index is 940. The van der Waals surface area contributed by atoms with Crippen LogP contribution in [0.15, 0.2) is 53.4 Å². The van der Waals surface area contributed by atoms with Crippen molar-refractivity contribution in [2.24, 2.45) is 0 Å². The molecule has 8 heteroatoms. The Morgan fingerprint density at radius 2 is 2.03 bits per heavy atom. The molecule has 0 spiro atoms. The van der Waals surface area contributed by atoms with Crippen LogP contribution in [0.5, 0.6) is 0 Å². The van der Waals surface area contributed by atoms with E-state index in [0.29, 0.717) is 28.7 Å². The molecule has 0 atom stereocenters. The van der Waals surface area contributed by atoms with Gasteiger partial charge in [0.05, 0.1) is 30.7 Å². The molecule has 0 bridgehead atoms. The van der Waals surface area contributed by atoms with Crippen molar-refractivity contribution in [2.45, 2.75) is 19.4 Å². The van der Waals surface area contributed by atoms with Gasteiger partial charge in [0, 0.05) is 32.0 Å². The molecule has 4 heterocycles. The molecule has 1 saturated heterocycles. The highest BCUT2D eigenvalue weighted by molar-refractivity contribution is 5.99. The highest BCUT2D eigenvalue weighted by Crippen LogP contribution is 2.25. The second-order valence-corrected chi connectivity index (χ2v) is 6.87. The van der Waals surface area contributed by atoms with E-state index in [4.69, 9.17) is 9.40 Å². The Morgan fingerprint density at radius 3 is 2.72 bits per heavy atom. The zero-order valence-electron chi connectivity index (χ0n) is 16.1. The van der Waals surface area contributed by atoms with E-state index in [2.05, 4.69) is 14.9 Å². The molecule has 4 rings (SSSR count). The molecular weight excluding hydrogens is 370 g/mol. The minimum atomic E-state index is -0.274. The lowest BCUT2D eigenvalue weighted by Crippen LogP contribution is -2.34. The second kappa shape index (κ2) is 8.83. The molecule has 1 amide bonds. The fourth-order valence-electron chi connectivity index (χ4n) is 3.43. The first-order valence-corrected chi connectivity index (χ1v) is 9.72. The minimum Gasteiger partial charge on any atom is -0.467 e. The molecule has 1 aliphatic rings. The van der Waals surface area contributed by atoms with E-state index >= 15 is 0 Å². The van der Waals surface area contributed by atoms with Gasteiger partial charge in [0.15, 0.2) is 0 Å². The zero-order valence-corrected chi connectivity index (χ0v) is 16.1. The van der Waals surface area contributed by atoms with E-state index in [9.17, 15) is 9.90 Å². The Morgan fingerprint density at radius 1 is 1.17 bits per heavy atom. The predicted octanol–water partition coefficient (Wildman–Crippen LogP) is 2.37. The first kappa shape index (κ1) is 19.1. The van der Waals surface area contributed by atoms with Crippen LogP contribution in [0.25, 0.3) is 11.4 Å². The average molecular weight is 393 g/mol. The summed E-state index contributed by atoms with van der Waals surface area (Å²) in [4.78, 5) is 30.5. The van der Waals surface area contributed by atoms with Gasteiger partial charge in [-0.1, -0.05) is 6.07 Å². The van der Waals surface area contributed by atoms with E-state index in [1.807, 2.05) is 18.2 Å². The number of aliphatic hydroxyl groups is 1. The quantitative estimate of drug-likeness (QED) is 0.658. The molecule has 0 saturated carbocycles. The van der Waals surface area contributed by atoms with Crippen molar-refractivity contribution in [3.05, 3.63) is 60.3 Å². The molecule has 0 aliphatic carbocycles. The molecule has 3 aromatic heterocycles. The van der Waals surface area contributed by atoms with E-state index in [-0.39, 0.29) is 25.6 Å². The van der Waals surface area contributed by atoms with Crippen LogP contribution in [0, 0.1) is 0 Å². The molecule has 0 radical (unpaired) electrons. The summed E-state index contributed by atoms with van der Waals surface area (Å²) in [5.74, 6) is 0.976. The van der Waals surface area contributed by atoms with Crippen molar-refractivity contribution >= 4 is 11.9 Å². The van der Waals surface area contributed by atoms with Crippen molar-refractivity contribution in [1.82, 2.24) is 19.9 Å². The van der Waals surface area contributed by atoms with Crippen molar-refractivity contribution in [1.29, 1.82) is 0 Å². The first-order chi connectivity index (χ1) is 14.3. The number of hydrogen-bond acceptors (Lipinski definition) is 7. The van der Waals surface area contributed by atoms with E-state index in [1.54, 1.807) is 30.8 Å². The highest BCUT2D eigenvalue weighted by Gasteiger charge is 2.25. The molecule has 0 aromatic carbocycles. The fourth-order valence-corrected chi connectivity index (χ4v) is 3.43. The number of amides is 1. The Kier molecular flexibility index (Phi) is 5.81. The van der Waals surface area contributed by atoms with Crippen LogP contribution >= 0.6 is 0 Å². The molecule has 8 nitrogen and oxygen atoms in total. The molecule has 1 aliphatic heterocycles. The monoisotopic (exact) mass is 393 g/mol. The maximum Gasteiger partial charge on any atom is 0.258 e. The highest BCUT2D eigenvalue weighted by atomic mass is 16.3. The number of aromatic nitrogens is 3. The summed E-state index contributed by atoms with van der Waals surface area (Å²) in [6.07, 6.45) is 7.02. The summed E-state index contributed by atoms with van der Waals surface area (Å²) >= 11 is 0. The van der Waals surface area contributed by atoms with Crippen molar-refractivity contribution in [2.75, 3.05) is 31.1 Å². The summed E-state index contributed by atoms with van der Waals surface area (Å²) in [6, 6.07) is 9.08. The number of rotatable bonds is 7. The average Bonchev–Trinajstić information content (AvgIpc) is 3.48. The van der Waals surface area contributed by atoms with Crippen molar-refractivity contribution in [3.8, 4) is 11.4 Å². The number of furan rings is 1. The molecule has 0 unspecified atom stereocenters. The normalized spacial score (nSPS) is 13.6. The van der Waals surface area contributed by atoms with Gasteiger partial charge in [-0.05, 0) is 37.1 Å². The van der Waals surface area contributed by atoms with E-state index < -0.39 is 0 Å². The third-order valence-corrected chi connectivity index (χ3v) is 4.89. The number of aliphatic hydroxyl groups excluding tert-OH is 1. The van der Waals surface area contributed by atoms with Crippen LogP contribution < -0.4 is 4.90 Å². The Labute approximate surface area is 168 Å². The molecule has 1 N–H and O–H groups in total. The van der Waals surface area contributed by atoms with Gasteiger partial charge in [-0.15, -0.1) is 0 Å². The summed E-state index contributed by atoms with van der Waals surface area (Å²) in [7, 11) is 0. The number of anilines is 1. The summed E-state index contributed by atoms with van der Waals surface area (Å²) < 4.78 is 5.37. The van der Waals surface area contributed by atoms with Gasteiger partial charge in [0.25, 0.3) is 5.91 Å². The van der Waals surface area contributed by atoms with Crippen LogP contribution in [0.1, 0.15) is 29.0 Å².